The summed E-state index contributed by atoms with van der Waals surface area (Å²) in [5, 5.41) is 3.10. The maximum atomic E-state index is 12.9. The lowest BCUT2D eigenvalue weighted by molar-refractivity contribution is 0.628. The number of benzene rings is 1. The molecule has 0 aliphatic heterocycles. The van der Waals surface area contributed by atoms with E-state index in [1.54, 1.807) is 18.3 Å². The SMILES string of the molecule is NCc1ccc(Nc2ccc(F)c(Cl)c2)nc1. The number of nitrogens with two attached hydrogens (primary N) is 1. The lowest BCUT2D eigenvalue weighted by Crippen LogP contribution is -1.99. The fourth-order valence-corrected chi connectivity index (χ4v) is 1.52. The third kappa shape index (κ3) is 2.93. The summed E-state index contributed by atoms with van der Waals surface area (Å²) in [6, 6.07) is 8.09. The number of rotatable bonds is 3. The summed E-state index contributed by atoms with van der Waals surface area (Å²) in [5.74, 6) is 0.216. The molecule has 0 fully saturated rings. The molecule has 0 amide bonds. The van der Waals surface area contributed by atoms with Gasteiger partial charge in [-0.25, -0.2) is 9.37 Å². The van der Waals surface area contributed by atoms with E-state index in [1.165, 1.54) is 12.1 Å². The second kappa shape index (κ2) is 5.12. The van der Waals surface area contributed by atoms with Gasteiger partial charge in [-0.3, -0.25) is 0 Å². The lowest BCUT2D eigenvalue weighted by Gasteiger charge is -2.06. The van der Waals surface area contributed by atoms with E-state index in [1.807, 2.05) is 6.07 Å². The van der Waals surface area contributed by atoms with Gasteiger partial charge in [0.05, 0.1) is 5.02 Å². The van der Waals surface area contributed by atoms with Crippen LogP contribution in [0.2, 0.25) is 5.02 Å². The summed E-state index contributed by atoms with van der Waals surface area (Å²) in [6.07, 6.45) is 1.69. The predicted molar refractivity (Wildman–Crippen MR) is 66.8 cm³/mol. The Morgan fingerprint density at radius 1 is 1.29 bits per heavy atom. The molecule has 0 aliphatic carbocycles. The van der Waals surface area contributed by atoms with Crippen molar-refractivity contribution in [1.29, 1.82) is 0 Å². The van der Waals surface area contributed by atoms with Crippen molar-refractivity contribution in [2.45, 2.75) is 6.54 Å². The Morgan fingerprint density at radius 2 is 2.12 bits per heavy atom. The summed E-state index contributed by atoms with van der Waals surface area (Å²) in [7, 11) is 0. The molecule has 2 rings (SSSR count). The van der Waals surface area contributed by atoms with E-state index in [-0.39, 0.29) is 5.02 Å². The van der Waals surface area contributed by atoms with Crippen LogP contribution >= 0.6 is 11.6 Å². The molecule has 0 unspecified atom stereocenters. The van der Waals surface area contributed by atoms with Gasteiger partial charge in [0, 0.05) is 18.4 Å². The van der Waals surface area contributed by atoms with Crippen LogP contribution in [0.1, 0.15) is 5.56 Å². The minimum atomic E-state index is -0.441. The zero-order chi connectivity index (χ0) is 12.3. The standard InChI is InChI=1S/C12H11ClFN3/c13-10-5-9(2-3-11(10)14)17-12-4-1-8(6-15)7-16-12/h1-5,7H,6,15H2,(H,16,17). The number of anilines is 2. The van der Waals surface area contributed by atoms with E-state index in [4.69, 9.17) is 17.3 Å². The second-order valence-electron chi connectivity index (χ2n) is 3.51. The molecule has 5 heteroatoms. The van der Waals surface area contributed by atoms with E-state index in [9.17, 15) is 4.39 Å². The summed E-state index contributed by atoms with van der Waals surface area (Å²) in [4.78, 5) is 4.17. The number of hydrogen-bond acceptors (Lipinski definition) is 3. The molecule has 0 aliphatic rings. The highest BCUT2D eigenvalue weighted by molar-refractivity contribution is 6.31. The van der Waals surface area contributed by atoms with Gasteiger partial charge in [0.25, 0.3) is 0 Å². The van der Waals surface area contributed by atoms with Crippen LogP contribution in [0.3, 0.4) is 0 Å². The summed E-state index contributed by atoms with van der Waals surface area (Å²) in [5.41, 5.74) is 7.11. The maximum Gasteiger partial charge on any atom is 0.141 e. The largest absolute Gasteiger partial charge is 0.340 e. The Balaban J connectivity index is 2.16. The number of pyridine rings is 1. The number of nitrogens with one attached hydrogen (secondary N) is 1. The van der Waals surface area contributed by atoms with Gasteiger partial charge in [-0.15, -0.1) is 0 Å². The molecule has 0 saturated carbocycles. The van der Waals surface area contributed by atoms with Crippen LogP contribution in [0, 0.1) is 5.82 Å². The molecule has 0 bridgehead atoms. The fourth-order valence-electron chi connectivity index (χ4n) is 1.34. The van der Waals surface area contributed by atoms with Crippen LogP contribution in [-0.4, -0.2) is 4.98 Å². The van der Waals surface area contributed by atoms with Crippen LogP contribution in [0.4, 0.5) is 15.9 Å². The first kappa shape index (κ1) is 11.8. The van der Waals surface area contributed by atoms with E-state index in [0.717, 1.165) is 5.56 Å². The average Bonchev–Trinajstić information content (AvgIpc) is 2.35. The van der Waals surface area contributed by atoms with Crippen molar-refractivity contribution in [2.75, 3.05) is 5.32 Å². The van der Waals surface area contributed by atoms with Crippen molar-refractivity contribution < 1.29 is 4.39 Å². The van der Waals surface area contributed by atoms with Gasteiger partial charge in [-0.1, -0.05) is 17.7 Å². The molecule has 0 radical (unpaired) electrons. The molecule has 3 nitrogen and oxygen atoms in total. The van der Waals surface area contributed by atoms with Crippen molar-refractivity contribution in [3.8, 4) is 0 Å². The monoisotopic (exact) mass is 251 g/mol. The van der Waals surface area contributed by atoms with Gasteiger partial charge < -0.3 is 11.1 Å². The smallest absolute Gasteiger partial charge is 0.141 e. The van der Waals surface area contributed by atoms with Gasteiger partial charge in [0.15, 0.2) is 0 Å². The maximum absolute atomic E-state index is 12.9. The molecule has 17 heavy (non-hydrogen) atoms. The molecule has 0 saturated heterocycles. The minimum Gasteiger partial charge on any atom is -0.340 e. The van der Waals surface area contributed by atoms with Crippen molar-refractivity contribution in [3.05, 3.63) is 52.9 Å². The summed E-state index contributed by atoms with van der Waals surface area (Å²) >= 11 is 5.68. The Bertz CT molecular complexity index is 514. The van der Waals surface area contributed by atoms with Crippen LogP contribution in [0.15, 0.2) is 36.5 Å². The van der Waals surface area contributed by atoms with Crippen molar-refractivity contribution >= 4 is 23.1 Å². The molecule has 88 valence electrons. The van der Waals surface area contributed by atoms with Crippen LogP contribution in [-0.2, 0) is 6.54 Å². The second-order valence-corrected chi connectivity index (χ2v) is 3.92. The number of halogens is 2. The average molecular weight is 252 g/mol. The quantitative estimate of drug-likeness (QED) is 0.881. The normalized spacial score (nSPS) is 10.3. The van der Waals surface area contributed by atoms with Gasteiger partial charge in [-0.05, 0) is 29.8 Å². The third-order valence-electron chi connectivity index (χ3n) is 2.25. The first-order chi connectivity index (χ1) is 8.19. The summed E-state index contributed by atoms with van der Waals surface area (Å²) in [6.45, 7) is 0.454. The van der Waals surface area contributed by atoms with Crippen LogP contribution in [0.25, 0.3) is 0 Å². The molecule has 1 aromatic heterocycles. The zero-order valence-corrected chi connectivity index (χ0v) is 9.71. The molecule has 2 aromatic rings. The molecule has 1 heterocycles. The Labute approximate surface area is 103 Å². The molecular weight excluding hydrogens is 241 g/mol. The molecule has 0 spiro atoms. The van der Waals surface area contributed by atoms with Crippen molar-refractivity contribution in [2.24, 2.45) is 5.73 Å². The Morgan fingerprint density at radius 3 is 2.71 bits per heavy atom. The highest BCUT2D eigenvalue weighted by Crippen LogP contribution is 2.21. The summed E-state index contributed by atoms with van der Waals surface area (Å²) < 4.78 is 12.9. The third-order valence-corrected chi connectivity index (χ3v) is 2.54. The van der Waals surface area contributed by atoms with Crippen molar-refractivity contribution in [3.63, 3.8) is 0 Å². The fraction of sp³-hybridized carbons (Fsp3) is 0.0833. The molecule has 3 N–H and O–H groups in total. The predicted octanol–water partition coefficient (Wildman–Crippen LogP) is 3.08. The highest BCUT2D eigenvalue weighted by Gasteiger charge is 2.01. The van der Waals surface area contributed by atoms with E-state index in [0.29, 0.717) is 18.1 Å². The molecule has 1 aromatic carbocycles. The first-order valence-electron chi connectivity index (χ1n) is 5.06. The lowest BCUT2D eigenvalue weighted by atomic mass is 10.2. The Kier molecular flexibility index (Phi) is 3.56. The van der Waals surface area contributed by atoms with E-state index < -0.39 is 5.82 Å². The van der Waals surface area contributed by atoms with Gasteiger partial charge in [0.2, 0.25) is 0 Å². The Hall–Kier alpha value is -1.65. The number of aromatic nitrogens is 1. The topological polar surface area (TPSA) is 50.9 Å². The minimum absolute atomic E-state index is 0.0774. The molecular formula is C12H11ClFN3. The number of hydrogen-bond donors (Lipinski definition) is 2. The number of nitrogens with zero attached hydrogens (tertiary/aromatic N) is 1. The van der Waals surface area contributed by atoms with Gasteiger partial charge >= 0.3 is 0 Å². The first-order valence-corrected chi connectivity index (χ1v) is 5.44. The highest BCUT2D eigenvalue weighted by atomic mass is 35.5. The zero-order valence-electron chi connectivity index (χ0n) is 8.95. The van der Waals surface area contributed by atoms with Crippen LogP contribution in [0.5, 0.6) is 0 Å². The van der Waals surface area contributed by atoms with Gasteiger partial charge in [-0.2, -0.15) is 0 Å². The van der Waals surface area contributed by atoms with E-state index >= 15 is 0 Å². The molecule has 0 atom stereocenters. The van der Waals surface area contributed by atoms with Crippen LogP contribution < -0.4 is 11.1 Å². The van der Waals surface area contributed by atoms with Gasteiger partial charge in [0.1, 0.15) is 11.6 Å². The van der Waals surface area contributed by atoms with Crippen molar-refractivity contribution in [1.82, 2.24) is 4.98 Å². The van der Waals surface area contributed by atoms with E-state index in [2.05, 4.69) is 10.3 Å².